The third kappa shape index (κ3) is 7.24. The van der Waals surface area contributed by atoms with Gasteiger partial charge in [-0.1, -0.05) is 72.8 Å². The maximum Gasteiger partial charge on any atom is 0.564 e. The summed E-state index contributed by atoms with van der Waals surface area (Å²) in [4.78, 5) is 13.7. The van der Waals surface area contributed by atoms with E-state index < -0.39 is 18.7 Å². The Morgan fingerprint density at radius 1 is 0.933 bits per heavy atom. The molecule has 3 heterocycles. The van der Waals surface area contributed by atoms with Crippen molar-refractivity contribution in [3.8, 4) is 11.5 Å². The second kappa shape index (κ2) is 13.4. The number of nitro groups is 1. The number of hydrogen-bond acceptors (Lipinski definition) is 8. The molecule has 2 aromatic heterocycles. The maximum absolute atomic E-state index is 14.6. The van der Waals surface area contributed by atoms with Crippen LogP contribution in [-0.4, -0.2) is 20.8 Å². The van der Waals surface area contributed by atoms with Crippen LogP contribution in [0, 0.1) is 10.1 Å². The van der Waals surface area contributed by atoms with Crippen LogP contribution in [0.3, 0.4) is 0 Å². The van der Waals surface area contributed by atoms with Crippen molar-refractivity contribution < 1.29 is 28.1 Å². The minimum Gasteiger partial charge on any atom is -0.404 e. The first-order valence-electron chi connectivity index (χ1n) is 14.0. The number of aliphatic hydroxyl groups excluding tert-OH is 1. The summed E-state index contributed by atoms with van der Waals surface area (Å²) in [7, 11) is -4.27. The van der Waals surface area contributed by atoms with Crippen molar-refractivity contribution in [2.75, 3.05) is 0 Å². The molecule has 3 aromatic carbocycles. The van der Waals surface area contributed by atoms with Gasteiger partial charge in [-0.3, -0.25) is 10.1 Å². The van der Waals surface area contributed by atoms with E-state index >= 15 is 0 Å². The quantitative estimate of drug-likeness (QED) is 0.0865. The number of furan rings is 1. The Morgan fingerprint density at radius 2 is 1.60 bits per heavy atom. The van der Waals surface area contributed by atoms with Gasteiger partial charge in [0.25, 0.3) is 0 Å². The van der Waals surface area contributed by atoms with Gasteiger partial charge in [0.05, 0.1) is 25.3 Å². The second-order valence-electron chi connectivity index (χ2n) is 10.1. The van der Waals surface area contributed by atoms with Crippen molar-refractivity contribution >= 4 is 36.4 Å². The van der Waals surface area contributed by atoms with Crippen LogP contribution in [0.15, 0.2) is 130 Å². The molecule has 0 saturated heterocycles. The van der Waals surface area contributed by atoms with E-state index in [0.29, 0.717) is 23.1 Å². The van der Waals surface area contributed by atoms with Crippen molar-refractivity contribution in [3.05, 3.63) is 153 Å². The summed E-state index contributed by atoms with van der Waals surface area (Å²) < 4.78 is 36.9. The van der Waals surface area contributed by atoms with Gasteiger partial charge in [-0.15, -0.1) is 16.1 Å². The zero-order chi connectivity index (χ0) is 31.2. The standard InChI is InChI=1S/C33H28N3O7PS/c37-23-24-13-15-25(16-14-24)26-20-30(31-12-7-19-45-31)35(22-29-17-18-33(41-29)36(38)39)32(21-26)34-44(40,42-27-8-3-1-4-9-27)43-28-10-5-2-6-11-28/h1-20,30,37H,21-23H2/b34-32-. The minimum atomic E-state index is -4.27. The summed E-state index contributed by atoms with van der Waals surface area (Å²) in [5.74, 6) is 0.971. The third-order valence-electron chi connectivity index (χ3n) is 7.04. The van der Waals surface area contributed by atoms with Crippen molar-refractivity contribution in [1.29, 1.82) is 0 Å². The SMILES string of the molecule is O=[N+]([O-])c1ccc(CN2/C(=N\P(=O)(Oc3ccccc3)Oc3ccccc3)CC(c3ccc(CO)cc3)=CC2c2cccs2)o1. The third-order valence-corrected chi connectivity index (χ3v) is 9.34. The number of aliphatic hydroxyl groups is 1. The molecule has 1 atom stereocenters. The molecule has 0 aliphatic carbocycles. The number of nitrogens with zero attached hydrogens (tertiary/aromatic N) is 3. The average molecular weight is 642 g/mol. The lowest BCUT2D eigenvalue weighted by molar-refractivity contribution is -0.402. The molecule has 0 saturated carbocycles. The highest BCUT2D eigenvalue weighted by molar-refractivity contribution is 7.53. The van der Waals surface area contributed by atoms with E-state index in [9.17, 15) is 19.8 Å². The molecule has 1 unspecified atom stereocenters. The fraction of sp³-hybridized carbons (Fsp3) is 0.121. The van der Waals surface area contributed by atoms with Gasteiger partial charge in [0.1, 0.15) is 28.0 Å². The molecule has 0 spiro atoms. The van der Waals surface area contributed by atoms with Crippen LogP contribution >= 0.6 is 19.1 Å². The van der Waals surface area contributed by atoms with E-state index in [0.717, 1.165) is 21.6 Å². The normalized spacial score (nSPS) is 15.9. The van der Waals surface area contributed by atoms with Gasteiger partial charge in [0.15, 0.2) is 0 Å². The molecule has 10 nitrogen and oxygen atoms in total. The van der Waals surface area contributed by atoms with Crippen molar-refractivity contribution in [1.82, 2.24) is 4.90 Å². The molecule has 0 fully saturated rings. The lowest BCUT2D eigenvalue weighted by atomic mass is 9.93. The first-order valence-corrected chi connectivity index (χ1v) is 16.4. The summed E-state index contributed by atoms with van der Waals surface area (Å²) in [6, 6.07) is 31.3. The summed E-state index contributed by atoms with van der Waals surface area (Å²) >= 11 is 1.54. The van der Waals surface area contributed by atoms with Gasteiger partial charge in [0, 0.05) is 11.3 Å². The molecule has 1 aliphatic heterocycles. The molecule has 1 aliphatic rings. The Balaban J connectivity index is 1.49. The lowest BCUT2D eigenvalue weighted by Crippen LogP contribution is -2.36. The number of rotatable bonds is 11. The van der Waals surface area contributed by atoms with Gasteiger partial charge >= 0.3 is 13.6 Å². The van der Waals surface area contributed by atoms with Crippen LogP contribution in [0.2, 0.25) is 0 Å². The first kappa shape index (κ1) is 30.1. The van der Waals surface area contributed by atoms with Crippen LogP contribution in [0.25, 0.3) is 5.57 Å². The highest BCUT2D eigenvalue weighted by Gasteiger charge is 2.36. The van der Waals surface area contributed by atoms with Crippen LogP contribution < -0.4 is 9.05 Å². The van der Waals surface area contributed by atoms with E-state index in [1.807, 2.05) is 58.8 Å². The predicted molar refractivity (Wildman–Crippen MR) is 172 cm³/mol. The number of benzene rings is 3. The molecule has 1 N–H and O–H groups in total. The molecular weight excluding hydrogens is 613 g/mol. The summed E-state index contributed by atoms with van der Waals surface area (Å²) in [6.07, 6.45) is 2.33. The largest absolute Gasteiger partial charge is 0.564 e. The molecular formula is C33H28N3O7PS. The van der Waals surface area contributed by atoms with E-state index in [1.54, 1.807) is 54.6 Å². The monoisotopic (exact) mass is 641 g/mol. The molecule has 6 rings (SSSR count). The molecule has 0 amide bonds. The number of amidine groups is 1. The van der Waals surface area contributed by atoms with Crippen molar-refractivity contribution in [2.24, 2.45) is 4.76 Å². The van der Waals surface area contributed by atoms with E-state index in [4.69, 9.17) is 18.2 Å². The maximum atomic E-state index is 14.6. The Morgan fingerprint density at radius 3 is 2.16 bits per heavy atom. The molecule has 0 bridgehead atoms. The number of thiophene rings is 1. The summed E-state index contributed by atoms with van der Waals surface area (Å²) in [6.45, 7) is 0.0168. The van der Waals surface area contributed by atoms with E-state index in [-0.39, 0.29) is 25.5 Å². The molecule has 228 valence electrons. The van der Waals surface area contributed by atoms with Crippen LogP contribution in [0.1, 0.15) is 34.2 Å². The highest BCUT2D eigenvalue weighted by Crippen LogP contribution is 2.52. The Hall–Kier alpha value is -4.96. The predicted octanol–water partition coefficient (Wildman–Crippen LogP) is 8.44. The first-order chi connectivity index (χ1) is 21.9. The average Bonchev–Trinajstić information content (AvgIpc) is 3.76. The molecule has 0 radical (unpaired) electrons. The zero-order valence-corrected chi connectivity index (χ0v) is 25.6. The highest BCUT2D eigenvalue weighted by atomic mass is 32.1. The topological polar surface area (TPSA) is 128 Å². The van der Waals surface area contributed by atoms with Crippen LogP contribution in [0.4, 0.5) is 5.88 Å². The van der Waals surface area contributed by atoms with E-state index in [1.165, 1.54) is 17.4 Å². The Kier molecular flexibility index (Phi) is 8.93. The Bertz CT molecular complexity index is 1810. The van der Waals surface area contributed by atoms with Crippen LogP contribution in [0.5, 0.6) is 11.5 Å². The second-order valence-corrected chi connectivity index (χ2v) is 12.6. The molecule has 45 heavy (non-hydrogen) atoms. The lowest BCUT2D eigenvalue weighted by Gasteiger charge is -2.36. The van der Waals surface area contributed by atoms with E-state index in [2.05, 4.69) is 6.08 Å². The van der Waals surface area contributed by atoms with Gasteiger partial charge in [0.2, 0.25) is 0 Å². The summed E-state index contributed by atoms with van der Waals surface area (Å²) in [5, 5.41) is 22.9. The number of para-hydroxylation sites is 2. The zero-order valence-electron chi connectivity index (χ0n) is 23.8. The minimum absolute atomic E-state index is 0.0796. The summed E-state index contributed by atoms with van der Waals surface area (Å²) in [5.41, 5.74) is 2.58. The smallest absolute Gasteiger partial charge is 0.404 e. The van der Waals surface area contributed by atoms with Gasteiger partial charge in [-0.05, 0) is 58.5 Å². The number of hydrogen-bond donors (Lipinski definition) is 1. The van der Waals surface area contributed by atoms with Crippen molar-refractivity contribution in [2.45, 2.75) is 25.6 Å². The van der Waals surface area contributed by atoms with Gasteiger partial charge in [-0.2, -0.15) is 0 Å². The Labute approximate surface area is 263 Å². The molecule has 12 heteroatoms. The van der Waals surface area contributed by atoms with Crippen molar-refractivity contribution in [3.63, 3.8) is 0 Å². The van der Waals surface area contributed by atoms with Crippen LogP contribution in [-0.2, 0) is 17.7 Å². The van der Waals surface area contributed by atoms with Gasteiger partial charge in [-0.25, -0.2) is 4.57 Å². The fourth-order valence-electron chi connectivity index (χ4n) is 4.92. The van der Waals surface area contributed by atoms with Gasteiger partial charge < -0.3 is 23.5 Å². The molecule has 5 aromatic rings. The fourth-order valence-corrected chi connectivity index (χ4v) is 7.09.